The second-order valence-electron chi connectivity index (χ2n) is 3.91. The van der Waals surface area contributed by atoms with Crippen molar-refractivity contribution in [2.45, 2.75) is 6.42 Å². The molecule has 2 heterocycles. The van der Waals surface area contributed by atoms with Gasteiger partial charge in [-0.3, -0.25) is 0 Å². The van der Waals surface area contributed by atoms with E-state index in [1.165, 1.54) is 0 Å². The molecule has 0 saturated carbocycles. The van der Waals surface area contributed by atoms with E-state index in [1.54, 1.807) is 11.7 Å². The lowest BCUT2D eigenvalue weighted by molar-refractivity contribution is 0.724. The van der Waals surface area contributed by atoms with Crippen molar-refractivity contribution < 1.29 is 0 Å². The van der Waals surface area contributed by atoms with Gasteiger partial charge in [-0.2, -0.15) is 10.4 Å². The summed E-state index contributed by atoms with van der Waals surface area (Å²) < 4.78 is 1.56. The quantitative estimate of drug-likeness (QED) is 0.677. The van der Waals surface area contributed by atoms with Gasteiger partial charge in [0.25, 0.3) is 0 Å². The number of nitriles is 1. The van der Waals surface area contributed by atoms with Crippen molar-refractivity contribution in [2.24, 2.45) is 7.05 Å². The summed E-state index contributed by atoms with van der Waals surface area (Å²) >= 11 is 0. The third-order valence-electron chi connectivity index (χ3n) is 2.82. The third-order valence-corrected chi connectivity index (χ3v) is 2.82. The van der Waals surface area contributed by atoms with Crippen LogP contribution in [0, 0.1) is 11.3 Å². The fraction of sp³-hybridized carbons (Fsp3) is 0.600. The van der Waals surface area contributed by atoms with Gasteiger partial charge >= 0.3 is 0 Å². The van der Waals surface area contributed by atoms with Gasteiger partial charge in [-0.25, -0.2) is 4.68 Å². The number of nitrogens with two attached hydrogens (primary N) is 1. The van der Waals surface area contributed by atoms with Crippen LogP contribution >= 0.6 is 0 Å². The molecule has 1 saturated heterocycles. The van der Waals surface area contributed by atoms with E-state index in [9.17, 15) is 0 Å². The van der Waals surface area contributed by atoms with Gasteiger partial charge < -0.3 is 16.0 Å². The van der Waals surface area contributed by atoms with Crippen LogP contribution in [0.2, 0.25) is 0 Å². The smallest absolute Gasteiger partial charge is 0.170 e. The Kier molecular flexibility index (Phi) is 2.97. The number of anilines is 2. The monoisotopic (exact) mass is 220 g/mol. The Morgan fingerprint density at radius 1 is 1.44 bits per heavy atom. The Morgan fingerprint density at radius 2 is 2.25 bits per heavy atom. The minimum absolute atomic E-state index is 0.440. The molecule has 0 amide bonds. The fourth-order valence-electron chi connectivity index (χ4n) is 1.91. The molecule has 0 aromatic carbocycles. The number of aryl methyl sites for hydroxylation is 1. The number of rotatable bonds is 1. The maximum absolute atomic E-state index is 9.09. The zero-order valence-electron chi connectivity index (χ0n) is 9.40. The van der Waals surface area contributed by atoms with Crippen molar-refractivity contribution in [3.05, 3.63) is 5.56 Å². The average molecular weight is 220 g/mol. The zero-order chi connectivity index (χ0) is 11.5. The molecular weight excluding hydrogens is 204 g/mol. The van der Waals surface area contributed by atoms with Crippen LogP contribution in [0.1, 0.15) is 12.0 Å². The van der Waals surface area contributed by atoms with Crippen LogP contribution in [-0.4, -0.2) is 36.0 Å². The van der Waals surface area contributed by atoms with Gasteiger partial charge in [-0.05, 0) is 13.0 Å². The van der Waals surface area contributed by atoms with E-state index in [1.807, 2.05) is 0 Å². The van der Waals surface area contributed by atoms with Gasteiger partial charge in [-0.15, -0.1) is 0 Å². The molecule has 3 N–H and O–H groups in total. The minimum Gasteiger partial charge on any atom is -0.383 e. The lowest BCUT2D eigenvalue weighted by Crippen LogP contribution is -2.28. The topological polar surface area (TPSA) is 82.9 Å². The first-order valence-electron chi connectivity index (χ1n) is 5.42. The van der Waals surface area contributed by atoms with Crippen LogP contribution in [0.15, 0.2) is 0 Å². The summed E-state index contributed by atoms with van der Waals surface area (Å²) in [6.45, 7) is 3.71. The van der Waals surface area contributed by atoms with E-state index in [0.29, 0.717) is 17.2 Å². The molecule has 1 aliphatic heterocycles. The van der Waals surface area contributed by atoms with Gasteiger partial charge in [0.05, 0.1) is 0 Å². The molecule has 0 spiro atoms. The van der Waals surface area contributed by atoms with Crippen molar-refractivity contribution >= 4 is 11.6 Å². The SMILES string of the molecule is Cn1nc(N2CCCNCC2)c(C#N)c1N. The van der Waals surface area contributed by atoms with Gasteiger partial charge in [0.15, 0.2) is 5.82 Å². The third kappa shape index (κ3) is 1.82. The van der Waals surface area contributed by atoms with Crippen LogP contribution in [0.4, 0.5) is 11.6 Å². The van der Waals surface area contributed by atoms with Crippen molar-refractivity contribution in [1.82, 2.24) is 15.1 Å². The number of nitrogen functional groups attached to an aromatic ring is 1. The lowest BCUT2D eigenvalue weighted by Gasteiger charge is -2.19. The van der Waals surface area contributed by atoms with E-state index in [-0.39, 0.29) is 0 Å². The number of nitrogens with zero attached hydrogens (tertiary/aromatic N) is 4. The van der Waals surface area contributed by atoms with Crippen LogP contribution in [-0.2, 0) is 7.05 Å². The normalized spacial score (nSPS) is 16.9. The summed E-state index contributed by atoms with van der Waals surface area (Å²) in [4.78, 5) is 2.12. The largest absolute Gasteiger partial charge is 0.383 e. The second-order valence-corrected chi connectivity index (χ2v) is 3.91. The van der Waals surface area contributed by atoms with Crippen LogP contribution in [0.25, 0.3) is 0 Å². The van der Waals surface area contributed by atoms with Crippen LogP contribution in [0.3, 0.4) is 0 Å². The first-order chi connectivity index (χ1) is 7.74. The standard InChI is InChI=1S/C10H16N6/c1-15-9(12)8(7-11)10(14-15)16-5-2-3-13-4-6-16/h13H,2-6,12H2,1H3. The summed E-state index contributed by atoms with van der Waals surface area (Å²) in [5.41, 5.74) is 6.29. The molecule has 0 atom stereocenters. The second kappa shape index (κ2) is 4.41. The summed E-state index contributed by atoms with van der Waals surface area (Å²) in [6, 6.07) is 2.13. The molecule has 0 bridgehead atoms. The molecule has 6 nitrogen and oxygen atoms in total. The highest BCUT2D eigenvalue weighted by atomic mass is 15.4. The van der Waals surface area contributed by atoms with Crippen LogP contribution in [0.5, 0.6) is 0 Å². The molecule has 1 aliphatic rings. The maximum Gasteiger partial charge on any atom is 0.170 e. The zero-order valence-corrected chi connectivity index (χ0v) is 9.40. The van der Waals surface area contributed by atoms with Gasteiger partial charge in [-0.1, -0.05) is 0 Å². The summed E-state index contributed by atoms with van der Waals surface area (Å²) in [7, 11) is 1.76. The highest BCUT2D eigenvalue weighted by Crippen LogP contribution is 2.23. The number of hydrogen-bond acceptors (Lipinski definition) is 5. The minimum atomic E-state index is 0.440. The predicted molar refractivity (Wildman–Crippen MR) is 62.0 cm³/mol. The van der Waals surface area contributed by atoms with Crippen molar-refractivity contribution in [3.8, 4) is 6.07 Å². The van der Waals surface area contributed by atoms with Crippen molar-refractivity contribution in [1.29, 1.82) is 5.26 Å². The molecule has 0 unspecified atom stereocenters. The predicted octanol–water partition coefficient (Wildman–Crippen LogP) is -0.326. The number of nitrogens with one attached hydrogen (secondary N) is 1. The van der Waals surface area contributed by atoms with Crippen molar-refractivity contribution in [3.63, 3.8) is 0 Å². The summed E-state index contributed by atoms with van der Waals surface area (Å²) in [5, 5.41) is 16.7. The molecule has 86 valence electrons. The van der Waals surface area contributed by atoms with E-state index >= 15 is 0 Å². The molecule has 6 heteroatoms. The molecular formula is C10H16N6. The van der Waals surface area contributed by atoms with Gasteiger partial charge in [0.2, 0.25) is 0 Å². The molecule has 0 radical (unpaired) electrons. The van der Waals surface area contributed by atoms with Gasteiger partial charge in [0.1, 0.15) is 17.5 Å². The van der Waals surface area contributed by atoms with E-state index < -0.39 is 0 Å². The average Bonchev–Trinajstić information content (AvgIpc) is 2.51. The Bertz CT molecular complexity index is 408. The molecule has 1 aromatic heterocycles. The molecule has 0 aliphatic carbocycles. The lowest BCUT2D eigenvalue weighted by atomic mass is 10.3. The Morgan fingerprint density at radius 3 is 3.00 bits per heavy atom. The first-order valence-corrected chi connectivity index (χ1v) is 5.42. The summed E-state index contributed by atoms with van der Waals surface area (Å²) in [5.74, 6) is 1.15. The molecule has 2 rings (SSSR count). The molecule has 1 aromatic rings. The van der Waals surface area contributed by atoms with Gasteiger partial charge in [0, 0.05) is 26.7 Å². The molecule has 16 heavy (non-hydrogen) atoms. The Balaban J connectivity index is 2.32. The highest BCUT2D eigenvalue weighted by molar-refractivity contribution is 5.64. The Hall–Kier alpha value is -1.74. The van der Waals surface area contributed by atoms with E-state index in [0.717, 1.165) is 32.6 Å². The highest BCUT2D eigenvalue weighted by Gasteiger charge is 2.20. The van der Waals surface area contributed by atoms with Crippen LogP contribution < -0.4 is 16.0 Å². The van der Waals surface area contributed by atoms with E-state index in [2.05, 4.69) is 21.4 Å². The number of hydrogen-bond donors (Lipinski definition) is 2. The Labute approximate surface area is 94.6 Å². The maximum atomic E-state index is 9.09. The van der Waals surface area contributed by atoms with Crippen molar-refractivity contribution in [2.75, 3.05) is 36.8 Å². The number of aromatic nitrogens is 2. The molecule has 1 fully saturated rings. The van der Waals surface area contributed by atoms with E-state index in [4.69, 9.17) is 11.0 Å². The summed E-state index contributed by atoms with van der Waals surface area (Å²) in [6.07, 6.45) is 1.06. The fourth-order valence-corrected chi connectivity index (χ4v) is 1.91. The first kappa shape index (κ1) is 10.8.